The third-order valence-corrected chi connectivity index (χ3v) is 5.55. The third-order valence-electron chi connectivity index (χ3n) is 5.55. The minimum absolute atomic E-state index is 0.123. The maximum atomic E-state index is 13.0. The van der Waals surface area contributed by atoms with Gasteiger partial charge >= 0.3 is 5.69 Å². The van der Waals surface area contributed by atoms with Crippen molar-refractivity contribution in [2.45, 2.75) is 58.7 Å². The van der Waals surface area contributed by atoms with Gasteiger partial charge in [0.05, 0.1) is 12.2 Å². The molecule has 1 aliphatic heterocycles. The van der Waals surface area contributed by atoms with Crippen LogP contribution >= 0.6 is 0 Å². The average molecular weight is 382 g/mol. The minimum atomic E-state index is -0.217. The number of rotatable bonds is 6. The molecule has 1 aromatic carbocycles. The Morgan fingerprint density at radius 2 is 2.00 bits per heavy atom. The van der Waals surface area contributed by atoms with Crippen molar-refractivity contribution in [2.75, 3.05) is 6.61 Å². The Kier molecular flexibility index (Phi) is 5.17. The van der Waals surface area contributed by atoms with Crippen LogP contribution in [0.5, 0.6) is 0 Å². The van der Waals surface area contributed by atoms with Crippen LogP contribution < -0.4 is 5.69 Å². The molecular formula is C21H26N4O3. The molecule has 2 aromatic heterocycles. The summed E-state index contributed by atoms with van der Waals surface area (Å²) in [6, 6.07) is 10.3. The van der Waals surface area contributed by atoms with Gasteiger partial charge in [0.15, 0.2) is 5.82 Å². The fraction of sp³-hybridized carbons (Fsp3) is 0.476. The predicted molar refractivity (Wildman–Crippen MR) is 104 cm³/mol. The van der Waals surface area contributed by atoms with Crippen LogP contribution in [0, 0.1) is 6.92 Å². The second kappa shape index (κ2) is 7.75. The highest BCUT2D eigenvalue weighted by Crippen LogP contribution is 2.40. The van der Waals surface area contributed by atoms with E-state index in [1.54, 1.807) is 4.57 Å². The van der Waals surface area contributed by atoms with Crippen molar-refractivity contribution < 1.29 is 9.26 Å². The lowest BCUT2D eigenvalue weighted by Gasteiger charge is -2.18. The topological polar surface area (TPSA) is 75.1 Å². The highest BCUT2D eigenvalue weighted by atomic mass is 16.5. The molecule has 0 radical (unpaired) electrons. The number of hydrogen-bond donors (Lipinski definition) is 0. The van der Waals surface area contributed by atoms with Crippen molar-refractivity contribution in [1.82, 2.24) is 19.5 Å². The van der Waals surface area contributed by atoms with Gasteiger partial charge in [0.25, 0.3) is 0 Å². The van der Waals surface area contributed by atoms with E-state index < -0.39 is 0 Å². The lowest BCUT2D eigenvalue weighted by atomic mass is 9.92. The van der Waals surface area contributed by atoms with Crippen LogP contribution in [0.4, 0.5) is 0 Å². The fourth-order valence-corrected chi connectivity index (χ4v) is 4.02. The lowest BCUT2D eigenvalue weighted by molar-refractivity contribution is 0.0934. The summed E-state index contributed by atoms with van der Waals surface area (Å²) in [6.45, 7) is 7.44. The van der Waals surface area contributed by atoms with E-state index in [2.05, 4.69) is 17.3 Å². The van der Waals surface area contributed by atoms with Crippen LogP contribution in [0.2, 0.25) is 0 Å². The molecule has 0 amide bonds. The monoisotopic (exact) mass is 382 g/mol. The first-order valence-corrected chi connectivity index (χ1v) is 9.92. The zero-order valence-corrected chi connectivity index (χ0v) is 16.6. The molecule has 0 aliphatic carbocycles. The molecular weight excluding hydrogens is 356 g/mol. The van der Waals surface area contributed by atoms with Crippen LogP contribution in [-0.4, -0.2) is 26.1 Å². The average Bonchev–Trinajstić information content (AvgIpc) is 3.41. The number of nitrogens with zero attached hydrogens (tertiary/aromatic N) is 4. The molecule has 0 bridgehead atoms. The Bertz CT molecular complexity index is 1000. The molecule has 1 saturated heterocycles. The van der Waals surface area contributed by atoms with Crippen LogP contribution in [0.25, 0.3) is 0 Å². The Morgan fingerprint density at radius 1 is 1.21 bits per heavy atom. The van der Waals surface area contributed by atoms with Gasteiger partial charge in [-0.1, -0.05) is 42.4 Å². The molecule has 0 unspecified atom stereocenters. The van der Waals surface area contributed by atoms with Crippen molar-refractivity contribution in [2.24, 2.45) is 0 Å². The van der Waals surface area contributed by atoms with E-state index in [4.69, 9.17) is 14.4 Å². The number of benzene rings is 1. The van der Waals surface area contributed by atoms with Crippen LogP contribution in [0.15, 0.2) is 39.6 Å². The first-order valence-electron chi connectivity index (χ1n) is 9.92. The first-order chi connectivity index (χ1) is 13.6. The largest absolute Gasteiger partial charge is 0.370 e. The fourth-order valence-electron chi connectivity index (χ4n) is 4.02. The van der Waals surface area contributed by atoms with Gasteiger partial charge in [-0.25, -0.2) is 9.48 Å². The molecule has 3 aromatic rings. The van der Waals surface area contributed by atoms with Gasteiger partial charge in [-0.3, -0.25) is 4.57 Å². The standard InChI is InChI=1S/C21H26N4O3/c1-4-18-17(14(3)28-23-18)13-25-21(26)24(5-2)20(22-25)19-16(11-12-27-19)15-9-7-6-8-10-15/h6-10,16,19H,4-5,11-13H2,1-3H3/t16-,19-/m0/s1. The summed E-state index contributed by atoms with van der Waals surface area (Å²) < 4.78 is 14.6. The minimum Gasteiger partial charge on any atom is -0.370 e. The Balaban J connectivity index is 1.71. The van der Waals surface area contributed by atoms with Gasteiger partial charge in [0, 0.05) is 24.6 Å². The van der Waals surface area contributed by atoms with Gasteiger partial charge in [-0.05, 0) is 32.3 Å². The van der Waals surface area contributed by atoms with Gasteiger partial charge < -0.3 is 9.26 Å². The summed E-state index contributed by atoms with van der Waals surface area (Å²) in [5.74, 6) is 1.63. The van der Waals surface area contributed by atoms with Crippen LogP contribution in [0.3, 0.4) is 0 Å². The highest BCUT2D eigenvalue weighted by molar-refractivity contribution is 5.24. The molecule has 148 valence electrons. The molecule has 0 saturated carbocycles. The van der Waals surface area contributed by atoms with E-state index in [1.165, 1.54) is 10.2 Å². The number of aryl methyl sites for hydroxylation is 2. The highest BCUT2D eigenvalue weighted by Gasteiger charge is 2.35. The van der Waals surface area contributed by atoms with E-state index in [0.717, 1.165) is 29.9 Å². The molecule has 0 spiro atoms. The summed E-state index contributed by atoms with van der Waals surface area (Å²) in [5.41, 5.74) is 2.90. The quantitative estimate of drug-likeness (QED) is 0.654. The third kappa shape index (κ3) is 3.20. The van der Waals surface area contributed by atoms with Crippen molar-refractivity contribution >= 4 is 0 Å². The Hall–Kier alpha value is -2.67. The van der Waals surface area contributed by atoms with Gasteiger partial charge in [-0.15, -0.1) is 0 Å². The van der Waals surface area contributed by atoms with Crippen molar-refractivity contribution in [3.05, 3.63) is 69.2 Å². The molecule has 28 heavy (non-hydrogen) atoms. The zero-order valence-electron chi connectivity index (χ0n) is 16.6. The van der Waals surface area contributed by atoms with Gasteiger partial charge in [0.2, 0.25) is 0 Å². The molecule has 1 aliphatic rings. The molecule has 0 N–H and O–H groups in total. The zero-order chi connectivity index (χ0) is 19.7. The molecule has 7 nitrogen and oxygen atoms in total. The number of hydrogen-bond acceptors (Lipinski definition) is 5. The maximum absolute atomic E-state index is 13.0. The Labute approximate surface area is 163 Å². The van der Waals surface area contributed by atoms with Crippen molar-refractivity contribution in [3.63, 3.8) is 0 Å². The SMILES string of the molecule is CCc1noc(C)c1Cn1nc([C@H]2OCC[C@H]2c2ccccc2)n(CC)c1=O. The van der Waals surface area contributed by atoms with Crippen molar-refractivity contribution in [1.29, 1.82) is 0 Å². The smallest absolute Gasteiger partial charge is 0.346 e. The lowest BCUT2D eigenvalue weighted by Crippen LogP contribution is -2.26. The van der Waals surface area contributed by atoms with Gasteiger partial charge in [0.1, 0.15) is 11.9 Å². The summed E-state index contributed by atoms with van der Waals surface area (Å²) in [5, 5.41) is 8.79. The normalized spacial score (nSPS) is 19.4. The second-order valence-electron chi connectivity index (χ2n) is 7.16. The first kappa shape index (κ1) is 18.7. The number of ether oxygens (including phenoxy) is 1. The summed E-state index contributed by atoms with van der Waals surface area (Å²) in [4.78, 5) is 13.0. The molecule has 2 atom stereocenters. The second-order valence-corrected chi connectivity index (χ2v) is 7.16. The summed E-state index contributed by atoms with van der Waals surface area (Å²) >= 11 is 0. The van der Waals surface area contributed by atoms with Crippen LogP contribution in [0.1, 0.15) is 60.7 Å². The van der Waals surface area contributed by atoms with Crippen molar-refractivity contribution in [3.8, 4) is 0 Å². The van der Waals surface area contributed by atoms with E-state index in [9.17, 15) is 4.79 Å². The Morgan fingerprint density at radius 3 is 2.71 bits per heavy atom. The van der Waals surface area contributed by atoms with Crippen LogP contribution in [-0.2, 0) is 24.2 Å². The molecule has 3 heterocycles. The van der Waals surface area contributed by atoms with E-state index in [1.807, 2.05) is 39.0 Å². The summed E-state index contributed by atoms with van der Waals surface area (Å²) in [6.07, 6.45) is 1.46. The molecule has 7 heteroatoms. The molecule has 4 rings (SSSR count). The van der Waals surface area contributed by atoms with Gasteiger partial charge in [-0.2, -0.15) is 5.10 Å². The summed E-state index contributed by atoms with van der Waals surface area (Å²) in [7, 11) is 0. The van der Waals surface area contributed by atoms with E-state index in [-0.39, 0.29) is 17.7 Å². The molecule has 1 fully saturated rings. The number of aromatic nitrogens is 4. The van der Waals surface area contributed by atoms with E-state index in [0.29, 0.717) is 25.5 Å². The van der Waals surface area contributed by atoms with E-state index >= 15 is 0 Å². The maximum Gasteiger partial charge on any atom is 0.346 e. The predicted octanol–water partition coefficient (Wildman–Crippen LogP) is 3.22.